The Morgan fingerprint density at radius 3 is 1.40 bits per heavy atom. The first-order valence-electron chi connectivity index (χ1n) is 6.49. The first-order chi connectivity index (χ1) is 9.95. The molecular weight excluding hydrogens is 244 g/mol. The maximum Gasteiger partial charge on any atom is 0.0480 e. The first-order valence-corrected chi connectivity index (χ1v) is 6.49. The summed E-state index contributed by atoms with van der Waals surface area (Å²) >= 11 is 0. The van der Waals surface area contributed by atoms with Gasteiger partial charge in [0.1, 0.15) is 0 Å². The average molecular weight is 260 g/mol. The molecule has 0 bridgehead atoms. The molecule has 0 aromatic heterocycles. The van der Waals surface area contributed by atoms with Gasteiger partial charge in [-0.15, -0.1) is 0 Å². The molecule has 2 heteroatoms. The van der Waals surface area contributed by atoms with E-state index in [0.717, 1.165) is 13.1 Å². The molecule has 2 aromatic rings. The van der Waals surface area contributed by atoms with E-state index in [1.54, 1.807) is 0 Å². The van der Waals surface area contributed by atoms with Crippen LogP contribution in [0.15, 0.2) is 60.7 Å². The molecule has 2 rings (SSSR count). The number of hydrogen-bond acceptors (Lipinski definition) is 2. The molecular formula is C18H16N2. The van der Waals surface area contributed by atoms with Gasteiger partial charge in [0.2, 0.25) is 0 Å². The summed E-state index contributed by atoms with van der Waals surface area (Å²) < 4.78 is 0. The quantitative estimate of drug-likeness (QED) is 0.652. The zero-order valence-corrected chi connectivity index (χ0v) is 11.2. The van der Waals surface area contributed by atoms with E-state index in [2.05, 4.69) is 58.8 Å². The summed E-state index contributed by atoms with van der Waals surface area (Å²) in [6.45, 7) is 1.46. The van der Waals surface area contributed by atoms with Crippen LogP contribution in [0.3, 0.4) is 0 Å². The Balaban J connectivity index is 1.66. The summed E-state index contributed by atoms with van der Waals surface area (Å²) in [6.07, 6.45) is 0. The molecule has 2 aromatic carbocycles. The van der Waals surface area contributed by atoms with Crippen LogP contribution in [0.2, 0.25) is 0 Å². The van der Waals surface area contributed by atoms with Gasteiger partial charge in [0.05, 0.1) is 0 Å². The van der Waals surface area contributed by atoms with Crippen LogP contribution in [0, 0.1) is 23.9 Å². The summed E-state index contributed by atoms with van der Waals surface area (Å²) in [6, 6.07) is 25.9. The van der Waals surface area contributed by atoms with Crippen molar-refractivity contribution in [3.8, 4) is 23.9 Å². The van der Waals surface area contributed by atoms with Gasteiger partial charge in [-0.05, 0) is 11.1 Å². The highest BCUT2D eigenvalue weighted by Crippen LogP contribution is 1.96. The van der Waals surface area contributed by atoms with Crippen LogP contribution >= 0.6 is 0 Å². The molecule has 0 heterocycles. The van der Waals surface area contributed by atoms with Gasteiger partial charge in [0, 0.05) is 37.0 Å². The smallest absolute Gasteiger partial charge is 0.0480 e. The Kier molecular flexibility index (Phi) is 5.64. The van der Waals surface area contributed by atoms with Crippen LogP contribution in [0.5, 0.6) is 0 Å². The summed E-state index contributed by atoms with van der Waals surface area (Å²) in [5, 5.41) is 6.04. The Labute approximate surface area is 120 Å². The molecule has 0 radical (unpaired) electrons. The van der Waals surface area contributed by atoms with Crippen molar-refractivity contribution in [3.05, 3.63) is 71.8 Å². The van der Waals surface area contributed by atoms with Crippen molar-refractivity contribution in [2.75, 3.05) is 0 Å². The second-order valence-electron chi connectivity index (χ2n) is 4.18. The molecule has 2 N–H and O–H groups in total. The highest BCUT2D eigenvalue weighted by atomic mass is 14.8. The van der Waals surface area contributed by atoms with Gasteiger partial charge in [0.25, 0.3) is 0 Å². The summed E-state index contributed by atoms with van der Waals surface area (Å²) in [4.78, 5) is 0. The van der Waals surface area contributed by atoms with E-state index in [0.29, 0.717) is 0 Å². The van der Waals surface area contributed by atoms with Crippen molar-refractivity contribution in [1.82, 2.24) is 10.6 Å². The largest absolute Gasteiger partial charge is 0.341 e. The lowest BCUT2D eigenvalue weighted by Gasteiger charge is -1.97. The molecule has 98 valence electrons. The molecule has 0 aliphatic rings. The van der Waals surface area contributed by atoms with Crippen LogP contribution < -0.4 is 10.6 Å². The van der Waals surface area contributed by atoms with Gasteiger partial charge in [-0.2, -0.15) is 0 Å². The lowest BCUT2D eigenvalue weighted by Crippen LogP contribution is -2.05. The van der Waals surface area contributed by atoms with Crippen LogP contribution in [0.1, 0.15) is 11.1 Å². The number of nitrogens with one attached hydrogen (secondary N) is 2. The Morgan fingerprint density at radius 2 is 1.00 bits per heavy atom. The van der Waals surface area contributed by atoms with Crippen LogP contribution in [-0.2, 0) is 13.1 Å². The van der Waals surface area contributed by atoms with E-state index in [-0.39, 0.29) is 0 Å². The van der Waals surface area contributed by atoms with Crippen molar-refractivity contribution >= 4 is 0 Å². The number of hydrogen-bond donors (Lipinski definition) is 2. The lowest BCUT2D eigenvalue weighted by molar-refractivity contribution is 0.898. The third kappa shape index (κ3) is 5.21. The molecule has 0 aliphatic heterocycles. The predicted molar refractivity (Wildman–Crippen MR) is 82.1 cm³/mol. The molecule has 0 fully saturated rings. The van der Waals surface area contributed by atoms with Gasteiger partial charge in [-0.3, -0.25) is 0 Å². The van der Waals surface area contributed by atoms with Crippen molar-refractivity contribution in [1.29, 1.82) is 0 Å². The SMILES string of the molecule is C(C#CNCc1ccccc1)#CNCc1ccccc1. The molecule has 0 unspecified atom stereocenters. The molecule has 0 atom stereocenters. The van der Waals surface area contributed by atoms with E-state index in [4.69, 9.17) is 0 Å². The predicted octanol–water partition coefficient (Wildman–Crippen LogP) is 2.49. The van der Waals surface area contributed by atoms with Crippen molar-refractivity contribution in [3.63, 3.8) is 0 Å². The maximum absolute atomic E-state index is 3.02. The van der Waals surface area contributed by atoms with Gasteiger partial charge in [-0.25, -0.2) is 0 Å². The zero-order chi connectivity index (χ0) is 13.9. The lowest BCUT2D eigenvalue weighted by atomic mass is 10.2. The van der Waals surface area contributed by atoms with Crippen LogP contribution in [0.4, 0.5) is 0 Å². The van der Waals surface area contributed by atoms with Gasteiger partial charge < -0.3 is 10.6 Å². The fraction of sp³-hybridized carbons (Fsp3) is 0.111. The Morgan fingerprint density at radius 1 is 0.600 bits per heavy atom. The molecule has 0 aliphatic carbocycles. The van der Waals surface area contributed by atoms with Gasteiger partial charge in [-0.1, -0.05) is 60.7 Å². The maximum atomic E-state index is 3.02. The minimum absolute atomic E-state index is 0.729. The van der Waals surface area contributed by atoms with Crippen LogP contribution in [-0.4, -0.2) is 0 Å². The van der Waals surface area contributed by atoms with E-state index >= 15 is 0 Å². The van der Waals surface area contributed by atoms with E-state index in [1.165, 1.54) is 11.1 Å². The zero-order valence-electron chi connectivity index (χ0n) is 11.2. The number of benzene rings is 2. The highest BCUT2D eigenvalue weighted by molar-refractivity contribution is 5.25. The highest BCUT2D eigenvalue weighted by Gasteiger charge is 1.86. The minimum atomic E-state index is 0.729. The van der Waals surface area contributed by atoms with E-state index < -0.39 is 0 Å². The Hall–Kier alpha value is -2.84. The Bertz CT molecular complexity index is 566. The van der Waals surface area contributed by atoms with Crippen molar-refractivity contribution in [2.24, 2.45) is 0 Å². The first kappa shape index (κ1) is 13.6. The van der Waals surface area contributed by atoms with Gasteiger partial charge in [0.15, 0.2) is 0 Å². The molecule has 2 nitrogen and oxygen atoms in total. The summed E-state index contributed by atoms with van der Waals surface area (Å²) in [7, 11) is 0. The molecule has 20 heavy (non-hydrogen) atoms. The van der Waals surface area contributed by atoms with E-state index in [1.807, 2.05) is 36.4 Å². The summed E-state index contributed by atoms with van der Waals surface area (Å²) in [5.41, 5.74) is 2.41. The fourth-order valence-electron chi connectivity index (χ4n) is 1.64. The third-order valence-corrected chi connectivity index (χ3v) is 2.63. The molecule has 0 spiro atoms. The van der Waals surface area contributed by atoms with Crippen molar-refractivity contribution < 1.29 is 0 Å². The molecule has 0 amide bonds. The second-order valence-corrected chi connectivity index (χ2v) is 4.18. The number of rotatable bonds is 4. The molecule has 0 saturated carbocycles. The minimum Gasteiger partial charge on any atom is -0.341 e. The summed E-state index contributed by atoms with van der Waals surface area (Å²) in [5.74, 6) is 5.51. The second kappa shape index (κ2) is 8.29. The average Bonchev–Trinajstić information content (AvgIpc) is 2.52. The van der Waals surface area contributed by atoms with E-state index in [9.17, 15) is 0 Å². The standard InChI is InChI=1S/C18H16N2/c1-3-9-17(10-4-1)15-19-13-7-8-14-20-16-18-11-5-2-6-12-18/h1-6,9-12,19-20H,15-16H2. The fourth-order valence-corrected chi connectivity index (χ4v) is 1.64. The van der Waals surface area contributed by atoms with Crippen molar-refractivity contribution in [2.45, 2.75) is 13.1 Å². The van der Waals surface area contributed by atoms with Crippen LogP contribution in [0.25, 0.3) is 0 Å². The third-order valence-electron chi connectivity index (χ3n) is 2.63. The topological polar surface area (TPSA) is 24.1 Å². The normalized spacial score (nSPS) is 8.60. The molecule has 0 saturated heterocycles. The van der Waals surface area contributed by atoms with Gasteiger partial charge >= 0.3 is 0 Å². The monoisotopic (exact) mass is 260 g/mol.